The van der Waals surface area contributed by atoms with Crippen molar-refractivity contribution < 1.29 is 19.0 Å². The van der Waals surface area contributed by atoms with Gasteiger partial charge in [-0.05, 0) is 44.6 Å². The average molecular weight is 509 g/mol. The molecule has 0 radical (unpaired) electrons. The Balaban J connectivity index is 2.15. The van der Waals surface area contributed by atoms with Crippen molar-refractivity contribution in [2.45, 2.75) is 18.4 Å². The summed E-state index contributed by atoms with van der Waals surface area (Å²) in [6.45, 7) is 0.664. The summed E-state index contributed by atoms with van der Waals surface area (Å²) in [7, 11) is 5.01. The molecule has 4 rings (SSSR count). The molecule has 8 heteroatoms. The predicted molar refractivity (Wildman–Crippen MR) is 124 cm³/mol. The smallest absolute Gasteiger partial charge is 0.197 e. The number of methoxy groups -OCH3 is 2. The second kappa shape index (κ2) is 8.47. The van der Waals surface area contributed by atoms with Crippen LogP contribution in [0.15, 0.2) is 44.0 Å². The van der Waals surface area contributed by atoms with Gasteiger partial charge >= 0.3 is 0 Å². The number of halogens is 2. The normalized spacial score (nSPS) is 19.2. The Kier molecular flexibility index (Phi) is 6.05. The number of aliphatic hydroxyl groups is 1. The van der Waals surface area contributed by atoms with E-state index in [-0.39, 0.29) is 12.0 Å². The highest BCUT2D eigenvalue weighted by molar-refractivity contribution is 9.10. The molecule has 1 saturated heterocycles. The van der Waals surface area contributed by atoms with Crippen LogP contribution in [-0.2, 0) is 5.54 Å². The van der Waals surface area contributed by atoms with Crippen LogP contribution in [0.4, 0.5) is 0 Å². The van der Waals surface area contributed by atoms with E-state index in [1.807, 2.05) is 7.05 Å². The number of hydrogen-bond acceptors (Lipinski definition) is 6. The van der Waals surface area contributed by atoms with E-state index in [9.17, 15) is 9.90 Å². The minimum atomic E-state index is -0.740. The second-order valence-electron chi connectivity index (χ2n) is 7.67. The molecule has 31 heavy (non-hydrogen) atoms. The molecule has 0 spiro atoms. The molecular formula is C23H23BrClNO5. The summed E-state index contributed by atoms with van der Waals surface area (Å²) in [5.74, 6) is 1.21. The average Bonchev–Trinajstić information content (AvgIpc) is 3.14. The summed E-state index contributed by atoms with van der Waals surface area (Å²) in [5.41, 5.74) is 0.643. The lowest BCUT2D eigenvalue weighted by molar-refractivity contribution is 0.0802. The van der Waals surface area contributed by atoms with E-state index in [0.717, 1.165) is 17.4 Å². The highest BCUT2D eigenvalue weighted by atomic mass is 79.9. The molecule has 3 aromatic rings. The summed E-state index contributed by atoms with van der Waals surface area (Å²) >= 11 is 9.71. The topological polar surface area (TPSA) is 72.1 Å². The maximum atomic E-state index is 13.3. The van der Waals surface area contributed by atoms with Gasteiger partial charge in [-0.1, -0.05) is 27.5 Å². The molecule has 1 aliphatic heterocycles. The molecule has 1 aromatic heterocycles. The van der Waals surface area contributed by atoms with E-state index in [1.54, 1.807) is 31.4 Å². The number of likely N-dealkylation sites (tertiary alicyclic amines) is 1. The van der Waals surface area contributed by atoms with Gasteiger partial charge in [-0.15, -0.1) is 0 Å². The Bertz CT molecular complexity index is 1210. The summed E-state index contributed by atoms with van der Waals surface area (Å²) in [5, 5.41) is 11.3. The first-order chi connectivity index (χ1) is 14.9. The number of aliphatic hydroxyl groups excluding tert-OH is 1. The van der Waals surface area contributed by atoms with Crippen molar-refractivity contribution in [2.24, 2.45) is 0 Å². The third-order valence-corrected chi connectivity index (χ3v) is 7.03. The molecule has 1 fully saturated rings. The van der Waals surface area contributed by atoms with Crippen LogP contribution in [0.2, 0.25) is 5.02 Å². The Morgan fingerprint density at radius 3 is 2.58 bits per heavy atom. The maximum absolute atomic E-state index is 13.3. The van der Waals surface area contributed by atoms with E-state index in [4.69, 9.17) is 25.5 Å². The van der Waals surface area contributed by atoms with Crippen LogP contribution in [0.5, 0.6) is 11.5 Å². The van der Waals surface area contributed by atoms with Crippen LogP contribution in [0, 0.1) is 0 Å². The molecule has 164 valence electrons. The fourth-order valence-electron chi connectivity index (χ4n) is 4.47. The first-order valence-corrected chi connectivity index (χ1v) is 11.0. The van der Waals surface area contributed by atoms with Gasteiger partial charge < -0.3 is 19.0 Å². The van der Waals surface area contributed by atoms with Gasteiger partial charge in [0.25, 0.3) is 0 Å². The lowest BCUT2D eigenvalue weighted by Gasteiger charge is -2.36. The quantitative estimate of drug-likeness (QED) is 0.533. The lowest BCUT2D eigenvalue weighted by Crippen LogP contribution is -2.42. The number of ether oxygens (including phenoxy) is 2. The molecule has 0 bridgehead atoms. The molecule has 2 heterocycles. The molecule has 2 aromatic carbocycles. The molecule has 1 N–H and O–H groups in total. The fraction of sp³-hybridized carbons (Fsp3) is 0.348. The van der Waals surface area contributed by atoms with Crippen LogP contribution in [0.25, 0.3) is 22.3 Å². The Morgan fingerprint density at radius 1 is 1.23 bits per heavy atom. The van der Waals surface area contributed by atoms with Crippen LogP contribution in [-0.4, -0.2) is 44.4 Å². The zero-order valence-corrected chi connectivity index (χ0v) is 19.8. The number of rotatable bonds is 5. The summed E-state index contributed by atoms with van der Waals surface area (Å²) in [6.07, 6.45) is 1.60. The highest BCUT2D eigenvalue weighted by Crippen LogP contribution is 2.48. The summed E-state index contributed by atoms with van der Waals surface area (Å²) in [4.78, 5) is 15.4. The van der Waals surface area contributed by atoms with E-state index in [0.29, 0.717) is 50.8 Å². The van der Waals surface area contributed by atoms with Crippen molar-refractivity contribution in [3.63, 3.8) is 0 Å². The van der Waals surface area contributed by atoms with Crippen LogP contribution >= 0.6 is 27.5 Å². The number of hydrogen-bond donors (Lipinski definition) is 1. The Labute approximate surface area is 193 Å². The zero-order chi connectivity index (χ0) is 22.3. The van der Waals surface area contributed by atoms with Gasteiger partial charge in [-0.3, -0.25) is 9.69 Å². The van der Waals surface area contributed by atoms with Crippen LogP contribution < -0.4 is 14.9 Å². The molecular weight excluding hydrogens is 486 g/mol. The Morgan fingerprint density at radius 2 is 1.97 bits per heavy atom. The zero-order valence-electron chi connectivity index (χ0n) is 17.5. The number of likely N-dealkylation sites (N-methyl/N-ethyl adjacent to an activating group) is 1. The number of nitrogens with zero attached hydrogens (tertiary/aromatic N) is 1. The molecule has 0 saturated carbocycles. The van der Waals surface area contributed by atoms with Crippen molar-refractivity contribution in [1.82, 2.24) is 4.90 Å². The van der Waals surface area contributed by atoms with Gasteiger partial charge in [-0.25, -0.2) is 0 Å². The summed E-state index contributed by atoms with van der Waals surface area (Å²) in [6, 6.07) is 8.40. The van der Waals surface area contributed by atoms with Gasteiger partial charge in [-0.2, -0.15) is 0 Å². The van der Waals surface area contributed by atoms with Gasteiger partial charge in [0.2, 0.25) is 0 Å². The van der Waals surface area contributed by atoms with E-state index < -0.39 is 5.54 Å². The SMILES string of the molecule is COc1cc(OC)c2c(=O)cc(-c3cc(Cl)ccc3Br)oc2c1C1(CO)CCCN1C. The summed E-state index contributed by atoms with van der Waals surface area (Å²) < 4.78 is 18.3. The molecule has 0 aliphatic carbocycles. The molecule has 1 unspecified atom stereocenters. The van der Waals surface area contributed by atoms with Gasteiger partial charge in [0.15, 0.2) is 11.0 Å². The molecule has 1 atom stereocenters. The highest BCUT2D eigenvalue weighted by Gasteiger charge is 2.44. The van der Waals surface area contributed by atoms with Crippen molar-refractivity contribution in [3.05, 3.63) is 55.6 Å². The third-order valence-electron chi connectivity index (χ3n) is 6.10. The van der Waals surface area contributed by atoms with Crippen LogP contribution in [0.1, 0.15) is 18.4 Å². The van der Waals surface area contributed by atoms with Gasteiger partial charge in [0.05, 0.1) is 31.9 Å². The lowest BCUT2D eigenvalue weighted by atomic mass is 9.85. The van der Waals surface area contributed by atoms with Gasteiger partial charge in [0.1, 0.15) is 22.6 Å². The second-order valence-corrected chi connectivity index (χ2v) is 8.96. The first-order valence-electron chi connectivity index (χ1n) is 9.87. The predicted octanol–water partition coefficient (Wildman–Crippen LogP) is 4.81. The van der Waals surface area contributed by atoms with E-state index in [2.05, 4.69) is 20.8 Å². The van der Waals surface area contributed by atoms with Crippen molar-refractivity contribution >= 4 is 38.5 Å². The minimum Gasteiger partial charge on any atom is -0.496 e. The Hall–Kier alpha value is -2.06. The molecule has 6 nitrogen and oxygen atoms in total. The van der Waals surface area contributed by atoms with Crippen molar-refractivity contribution in [1.29, 1.82) is 0 Å². The fourth-order valence-corrected chi connectivity index (χ4v) is 5.08. The first kappa shape index (κ1) is 22.1. The molecule has 1 aliphatic rings. The largest absolute Gasteiger partial charge is 0.496 e. The number of benzene rings is 2. The number of fused-ring (bicyclic) bond motifs is 1. The van der Waals surface area contributed by atoms with Gasteiger partial charge in [0, 0.05) is 27.2 Å². The molecule has 0 amide bonds. The van der Waals surface area contributed by atoms with Crippen molar-refractivity contribution in [2.75, 3.05) is 34.4 Å². The van der Waals surface area contributed by atoms with Crippen LogP contribution in [0.3, 0.4) is 0 Å². The van der Waals surface area contributed by atoms with E-state index in [1.165, 1.54) is 13.2 Å². The minimum absolute atomic E-state index is 0.143. The van der Waals surface area contributed by atoms with E-state index >= 15 is 0 Å². The third kappa shape index (κ3) is 3.53. The monoisotopic (exact) mass is 507 g/mol. The van der Waals surface area contributed by atoms with Crippen molar-refractivity contribution in [3.8, 4) is 22.8 Å². The maximum Gasteiger partial charge on any atom is 0.197 e. The standard InChI is InChI=1S/C23H23BrClNO5/c1-26-8-4-7-23(26,12-27)21-19(30-3)11-18(29-2)20-16(28)10-17(31-22(20)21)14-9-13(25)5-6-15(14)24/h5-6,9-11,27H,4,7-8,12H2,1-3H3.